The molecular formula is C24H20O4. The standard InChI is InChI=1S/C24H20O4/c1-26-20-11-12-21-19(16-27-23(21)15-20)14-24(25)28-22-10-6-5-9-18(22)13-17-7-3-2-4-8-17/h2-12,15-16H,13-14H2,1H3. The quantitative estimate of drug-likeness (QED) is 0.346. The lowest BCUT2D eigenvalue weighted by atomic mass is 10.0. The molecule has 0 aliphatic carbocycles. The van der Waals surface area contributed by atoms with E-state index in [0.717, 1.165) is 16.5 Å². The molecule has 4 heteroatoms. The average molecular weight is 372 g/mol. The van der Waals surface area contributed by atoms with Gasteiger partial charge in [0.15, 0.2) is 0 Å². The van der Waals surface area contributed by atoms with E-state index in [2.05, 4.69) is 12.1 Å². The Kier molecular flexibility index (Phi) is 5.11. The zero-order chi connectivity index (χ0) is 19.3. The Balaban J connectivity index is 1.50. The molecule has 0 spiro atoms. The van der Waals surface area contributed by atoms with E-state index >= 15 is 0 Å². The van der Waals surface area contributed by atoms with Crippen LogP contribution < -0.4 is 9.47 Å². The Hall–Kier alpha value is -3.53. The first-order valence-corrected chi connectivity index (χ1v) is 9.09. The number of esters is 1. The summed E-state index contributed by atoms with van der Waals surface area (Å²) in [5, 5.41) is 0.885. The highest BCUT2D eigenvalue weighted by Crippen LogP contribution is 2.27. The monoisotopic (exact) mass is 372 g/mol. The average Bonchev–Trinajstić information content (AvgIpc) is 3.12. The van der Waals surface area contributed by atoms with Crippen molar-refractivity contribution in [2.24, 2.45) is 0 Å². The number of carbonyl (C=O) groups excluding carboxylic acids is 1. The third-order valence-corrected chi connectivity index (χ3v) is 4.63. The fourth-order valence-corrected chi connectivity index (χ4v) is 3.21. The molecule has 0 bridgehead atoms. The summed E-state index contributed by atoms with van der Waals surface area (Å²) in [5.41, 5.74) is 3.62. The summed E-state index contributed by atoms with van der Waals surface area (Å²) < 4.78 is 16.4. The first-order chi connectivity index (χ1) is 13.7. The van der Waals surface area contributed by atoms with Crippen molar-refractivity contribution >= 4 is 16.9 Å². The largest absolute Gasteiger partial charge is 0.497 e. The zero-order valence-electron chi connectivity index (χ0n) is 15.6. The summed E-state index contributed by atoms with van der Waals surface area (Å²) in [5.74, 6) is 0.982. The Labute approximate surface area is 163 Å². The molecule has 0 amide bonds. The minimum Gasteiger partial charge on any atom is -0.497 e. The number of furan rings is 1. The van der Waals surface area contributed by atoms with Crippen LogP contribution in [0.2, 0.25) is 0 Å². The topological polar surface area (TPSA) is 48.7 Å². The first kappa shape index (κ1) is 17.9. The van der Waals surface area contributed by atoms with Gasteiger partial charge in [-0.1, -0.05) is 48.5 Å². The van der Waals surface area contributed by atoms with Crippen molar-refractivity contribution in [1.82, 2.24) is 0 Å². The maximum Gasteiger partial charge on any atom is 0.315 e. The maximum atomic E-state index is 12.6. The van der Waals surface area contributed by atoms with Gasteiger partial charge in [0.25, 0.3) is 0 Å². The van der Waals surface area contributed by atoms with Gasteiger partial charge >= 0.3 is 5.97 Å². The molecule has 0 radical (unpaired) electrons. The molecule has 0 fully saturated rings. The minimum atomic E-state index is -0.320. The lowest BCUT2D eigenvalue weighted by Gasteiger charge is -2.10. The second kappa shape index (κ2) is 8.01. The zero-order valence-corrected chi connectivity index (χ0v) is 15.6. The van der Waals surface area contributed by atoms with Gasteiger partial charge in [-0.25, -0.2) is 0 Å². The van der Waals surface area contributed by atoms with Gasteiger partial charge in [-0.05, 0) is 29.3 Å². The molecule has 0 aliphatic rings. The molecule has 140 valence electrons. The van der Waals surface area contributed by atoms with Crippen LogP contribution in [-0.2, 0) is 17.6 Å². The molecule has 1 aromatic heterocycles. The van der Waals surface area contributed by atoms with E-state index in [0.29, 0.717) is 23.5 Å². The molecular weight excluding hydrogens is 352 g/mol. The number of ether oxygens (including phenoxy) is 2. The van der Waals surface area contributed by atoms with Gasteiger partial charge < -0.3 is 13.9 Å². The SMILES string of the molecule is COc1ccc2c(CC(=O)Oc3ccccc3Cc3ccccc3)coc2c1. The molecule has 0 unspecified atom stereocenters. The summed E-state index contributed by atoms with van der Waals surface area (Å²) in [6.45, 7) is 0. The molecule has 0 saturated heterocycles. The highest BCUT2D eigenvalue weighted by Gasteiger charge is 2.14. The van der Waals surface area contributed by atoms with Gasteiger partial charge in [0, 0.05) is 23.4 Å². The fourth-order valence-electron chi connectivity index (χ4n) is 3.21. The Morgan fingerprint density at radius 3 is 2.54 bits per heavy atom. The van der Waals surface area contributed by atoms with E-state index in [1.807, 2.05) is 54.6 Å². The summed E-state index contributed by atoms with van der Waals surface area (Å²) in [4.78, 5) is 12.6. The van der Waals surface area contributed by atoms with E-state index in [1.54, 1.807) is 19.4 Å². The molecule has 0 atom stereocenters. The van der Waals surface area contributed by atoms with Gasteiger partial charge in [-0.3, -0.25) is 4.79 Å². The van der Waals surface area contributed by atoms with Crippen molar-refractivity contribution in [1.29, 1.82) is 0 Å². The second-order valence-electron chi connectivity index (χ2n) is 6.54. The number of hydrogen-bond donors (Lipinski definition) is 0. The molecule has 0 N–H and O–H groups in total. The fraction of sp³-hybridized carbons (Fsp3) is 0.125. The second-order valence-corrected chi connectivity index (χ2v) is 6.54. The van der Waals surface area contributed by atoms with E-state index < -0.39 is 0 Å². The van der Waals surface area contributed by atoms with E-state index in [4.69, 9.17) is 13.9 Å². The van der Waals surface area contributed by atoms with Crippen LogP contribution in [-0.4, -0.2) is 13.1 Å². The predicted octanol–water partition coefficient (Wildman–Crippen LogP) is 5.18. The van der Waals surface area contributed by atoms with Gasteiger partial charge in [0.05, 0.1) is 19.8 Å². The van der Waals surface area contributed by atoms with Crippen LogP contribution in [0.5, 0.6) is 11.5 Å². The third kappa shape index (κ3) is 3.91. The van der Waals surface area contributed by atoms with Crippen LogP contribution in [0.4, 0.5) is 0 Å². The third-order valence-electron chi connectivity index (χ3n) is 4.63. The van der Waals surface area contributed by atoms with Crippen molar-refractivity contribution in [3.05, 3.63) is 95.7 Å². The number of rotatable bonds is 6. The molecule has 3 aromatic carbocycles. The van der Waals surface area contributed by atoms with Crippen LogP contribution in [0.1, 0.15) is 16.7 Å². The maximum absolute atomic E-state index is 12.6. The Morgan fingerprint density at radius 2 is 1.71 bits per heavy atom. The number of carbonyl (C=O) groups is 1. The Bertz CT molecular complexity index is 1100. The van der Waals surface area contributed by atoms with Crippen LogP contribution in [0, 0.1) is 0 Å². The normalized spacial score (nSPS) is 10.8. The van der Waals surface area contributed by atoms with Gasteiger partial charge in [0.2, 0.25) is 0 Å². The molecule has 1 heterocycles. The number of methoxy groups -OCH3 is 1. The lowest BCUT2D eigenvalue weighted by molar-refractivity contribution is -0.133. The highest BCUT2D eigenvalue weighted by atomic mass is 16.5. The highest BCUT2D eigenvalue weighted by molar-refractivity contribution is 5.87. The van der Waals surface area contributed by atoms with E-state index in [9.17, 15) is 4.79 Å². The van der Waals surface area contributed by atoms with E-state index in [1.165, 1.54) is 5.56 Å². The lowest BCUT2D eigenvalue weighted by Crippen LogP contribution is -2.12. The molecule has 0 saturated carbocycles. The molecule has 4 nitrogen and oxygen atoms in total. The number of benzene rings is 3. The summed E-state index contributed by atoms with van der Waals surface area (Å²) in [6.07, 6.45) is 2.44. The van der Waals surface area contributed by atoms with Crippen LogP contribution in [0.15, 0.2) is 83.5 Å². The minimum absolute atomic E-state index is 0.138. The molecule has 4 rings (SSSR count). The van der Waals surface area contributed by atoms with Crippen molar-refractivity contribution < 1.29 is 18.7 Å². The van der Waals surface area contributed by atoms with Gasteiger partial charge in [-0.15, -0.1) is 0 Å². The number of para-hydroxylation sites is 1. The Morgan fingerprint density at radius 1 is 0.929 bits per heavy atom. The van der Waals surface area contributed by atoms with Crippen LogP contribution in [0.3, 0.4) is 0 Å². The summed E-state index contributed by atoms with van der Waals surface area (Å²) >= 11 is 0. The van der Waals surface area contributed by atoms with Crippen LogP contribution >= 0.6 is 0 Å². The van der Waals surface area contributed by atoms with Crippen molar-refractivity contribution in [2.75, 3.05) is 7.11 Å². The molecule has 0 aliphatic heterocycles. The van der Waals surface area contributed by atoms with E-state index in [-0.39, 0.29) is 12.4 Å². The van der Waals surface area contributed by atoms with Gasteiger partial charge in [0.1, 0.15) is 17.1 Å². The smallest absolute Gasteiger partial charge is 0.315 e. The number of fused-ring (bicyclic) bond motifs is 1. The number of hydrogen-bond acceptors (Lipinski definition) is 4. The van der Waals surface area contributed by atoms with Crippen molar-refractivity contribution in [3.63, 3.8) is 0 Å². The van der Waals surface area contributed by atoms with Gasteiger partial charge in [-0.2, -0.15) is 0 Å². The van der Waals surface area contributed by atoms with Crippen molar-refractivity contribution in [2.45, 2.75) is 12.8 Å². The first-order valence-electron chi connectivity index (χ1n) is 9.09. The summed E-state index contributed by atoms with van der Waals surface area (Å²) in [6, 6.07) is 23.3. The van der Waals surface area contributed by atoms with Crippen LogP contribution in [0.25, 0.3) is 11.0 Å². The summed E-state index contributed by atoms with van der Waals surface area (Å²) in [7, 11) is 1.61. The molecule has 4 aromatic rings. The predicted molar refractivity (Wildman–Crippen MR) is 108 cm³/mol. The van der Waals surface area contributed by atoms with Crippen molar-refractivity contribution in [3.8, 4) is 11.5 Å². The molecule has 28 heavy (non-hydrogen) atoms.